The number of rotatable bonds is 4. The van der Waals surface area contributed by atoms with E-state index < -0.39 is 17.5 Å². The highest BCUT2D eigenvalue weighted by atomic mass is 19.2. The third-order valence-electron chi connectivity index (χ3n) is 2.65. The van der Waals surface area contributed by atoms with Gasteiger partial charge in [0.25, 0.3) is 0 Å². The summed E-state index contributed by atoms with van der Waals surface area (Å²) in [7, 11) is 1.47. The van der Waals surface area contributed by atoms with Gasteiger partial charge in [0.05, 0.1) is 12.3 Å². The number of aromatic nitrogens is 1. The van der Waals surface area contributed by atoms with Gasteiger partial charge in [0, 0.05) is 24.7 Å². The summed E-state index contributed by atoms with van der Waals surface area (Å²) < 4.78 is 45.2. The minimum atomic E-state index is -1.52. The van der Waals surface area contributed by atoms with Crippen molar-refractivity contribution in [2.45, 2.75) is 13.5 Å². The van der Waals surface area contributed by atoms with Crippen LogP contribution >= 0.6 is 0 Å². The molecule has 6 heteroatoms. The molecule has 19 heavy (non-hydrogen) atoms. The molecule has 0 unspecified atom stereocenters. The predicted molar refractivity (Wildman–Crippen MR) is 66.5 cm³/mol. The normalized spacial score (nSPS) is 11.0. The van der Waals surface area contributed by atoms with Crippen LogP contribution in [0.3, 0.4) is 0 Å². The van der Waals surface area contributed by atoms with Crippen LogP contribution in [-0.4, -0.2) is 18.6 Å². The predicted octanol–water partition coefficient (Wildman–Crippen LogP) is 3.23. The van der Waals surface area contributed by atoms with Crippen LogP contribution in [0.2, 0.25) is 0 Å². The fourth-order valence-electron chi connectivity index (χ4n) is 1.88. The summed E-state index contributed by atoms with van der Waals surface area (Å²) in [6, 6.07) is 2.57. The fourth-order valence-corrected chi connectivity index (χ4v) is 1.88. The van der Waals surface area contributed by atoms with Crippen LogP contribution in [0.15, 0.2) is 12.1 Å². The quantitative estimate of drug-likeness (QED) is 0.866. The smallest absolute Gasteiger partial charge is 0.196 e. The maximum absolute atomic E-state index is 13.8. The van der Waals surface area contributed by atoms with Crippen LogP contribution in [-0.2, 0) is 11.3 Å². The van der Waals surface area contributed by atoms with E-state index in [1.165, 1.54) is 7.11 Å². The Morgan fingerprint density at radius 3 is 2.58 bits per heavy atom. The van der Waals surface area contributed by atoms with Gasteiger partial charge in [-0.05, 0) is 19.1 Å². The Morgan fingerprint density at radius 2 is 1.95 bits per heavy atom. The SMILES string of the molecule is CCNc1cc(COC)nc2c(F)c(F)c(F)cc12. The number of anilines is 1. The van der Waals surface area contributed by atoms with Gasteiger partial charge < -0.3 is 10.1 Å². The molecule has 0 spiro atoms. The van der Waals surface area contributed by atoms with Crippen molar-refractivity contribution in [1.29, 1.82) is 0 Å². The van der Waals surface area contributed by atoms with Crippen LogP contribution in [0, 0.1) is 17.5 Å². The maximum atomic E-state index is 13.8. The van der Waals surface area contributed by atoms with Gasteiger partial charge in [-0.15, -0.1) is 0 Å². The zero-order valence-corrected chi connectivity index (χ0v) is 10.6. The van der Waals surface area contributed by atoms with Gasteiger partial charge >= 0.3 is 0 Å². The van der Waals surface area contributed by atoms with Gasteiger partial charge in [0.15, 0.2) is 17.5 Å². The Hall–Kier alpha value is -1.82. The van der Waals surface area contributed by atoms with Crippen molar-refractivity contribution in [2.24, 2.45) is 0 Å². The van der Waals surface area contributed by atoms with Gasteiger partial charge in [-0.2, -0.15) is 0 Å². The van der Waals surface area contributed by atoms with Crippen molar-refractivity contribution >= 4 is 16.6 Å². The summed E-state index contributed by atoms with van der Waals surface area (Å²) in [4.78, 5) is 3.96. The lowest BCUT2D eigenvalue weighted by atomic mass is 10.1. The number of halogens is 3. The molecule has 0 radical (unpaired) electrons. The highest BCUT2D eigenvalue weighted by molar-refractivity contribution is 5.92. The molecule has 102 valence electrons. The number of hydrogen-bond acceptors (Lipinski definition) is 3. The second kappa shape index (κ2) is 5.44. The molecule has 0 atom stereocenters. The summed E-state index contributed by atoms with van der Waals surface area (Å²) in [5.74, 6) is -4.03. The zero-order valence-electron chi connectivity index (χ0n) is 10.6. The molecule has 1 aromatic heterocycles. The van der Waals surface area contributed by atoms with E-state index in [0.29, 0.717) is 17.9 Å². The lowest BCUT2D eigenvalue weighted by molar-refractivity contribution is 0.182. The third-order valence-corrected chi connectivity index (χ3v) is 2.65. The number of hydrogen-bond donors (Lipinski definition) is 1. The number of nitrogens with one attached hydrogen (secondary N) is 1. The Balaban J connectivity index is 2.75. The highest BCUT2D eigenvalue weighted by Gasteiger charge is 2.17. The molecule has 2 rings (SSSR count). The molecule has 1 heterocycles. The van der Waals surface area contributed by atoms with Crippen molar-refractivity contribution in [2.75, 3.05) is 19.0 Å². The monoisotopic (exact) mass is 270 g/mol. The summed E-state index contributed by atoms with van der Waals surface area (Å²) >= 11 is 0. The molecular weight excluding hydrogens is 257 g/mol. The zero-order chi connectivity index (χ0) is 14.0. The molecule has 3 nitrogen and oxygen atoms in total. The number of benzene rings is 1. The van der Waals surface area contributed by atoms with Crippen molar-refractivity contribution < 1.29 is 17.9 Å². The first-order valence-corrected chi connectivity index (χ1v) is 5.78. The van der Waals surface area contributed by atoms with Crippen molar-refractivity contribution in [3.05, 3.63) is 35.3 Å². The largest absolute Gasteiger partial charge is 0.385 e. The molecular formula is C13H13F3N2O. The topological polar surface area (TPSA) is 34.1 Å². The number of pyridine rings is 1. The Bertz CT molecular complexity index is 617. The van der Waals surface area contributed by atoms with Gasteiger partial charge in [0.1, 0.15) is 5.52 Å². The molecule has 2 aromatic rings. The summed E-state index contributed by atoms with van der Waals surface area (Å²) in [5.41, 5.74) is 0.734. The van der Waals surface area contributed by atoms with E-state index in [9.17, 15) is 13.2 Å². The fraction of sp³-hybridized carbons (Fsp3) is 0.308. The van der Waals surface area contributed by atoms with Crippen molar-refractivity contribution in [1.82, 2.24) is 4.98 Å². The average Bonchev–Trinajstić information content (AvgIpc) is 2.38. The Morgan fingerprint density at radius 1 is 1.21 bits per heavy atom. The first-order valence-electron chi connectivity index (χ1n) is 5.78. The number of methoxy groups -OCH3 is 1. The van der Waals surface area contributed by atoms with Crippen LogP contribution in [0.1, 0.15) is 12.6 Å². The summed E-state index contributed by atoms with van der Waals surface area (Å²) in [5, 5.41) is 3.18. The summed E-state index contributed by atoms with van der Waals surface area (Å²) in [6.45, 7) is 2.57. The second-order valence-corrected chi connectivity index (χ2v) is 4.01. The van der Waals surface area contributed by atoms with E-state index in [1.54, 1.807) is 6.07 Å². The van der Waals surface area contributed by atoms with E-state index in [1.807, 2.05) is 6.92 Å². The second-order valence-electron chi connectivity index (χ2n) is 4.01. The average molecular weight is 270 g/mol. The maximum Gasteiger partial charge on any atom is 0.196 e. The van der Waals surface area contributed by atoms with Gasteiger partial charge in [-0.3, -0.25) is 0 Å². The first kappa shape index (κ1) is 13.6. The van der Waals surface area contributed by atoms with E-state index in [2.05, 4.69) is 10.3 Å². The van der Waals surface area contributed by atoms with E-state index in [0.717, 1.165) is 6.07 Å². The lowest BCUT2D eigenvalue weighted by Crippen LogP contribution is -2.04. The minimum absolute atomic E-state index is 0.159. The molecule has 0 fully saturated rings. The third kappa shape index (κ3) is 2.49. The van der Waals surface area contributed by atoms with Crippen LogP contribution in [0.5, 0.6) is 0 Å². The van der Waals surface area contributed by atoms with E-state index in [4.69, 9.17) is 4.74 Å². The molecule has 0 saturated carbocycles. The standard InChI is InChI=1S/C13H13F3N2O/c1-3-17-10-4-7(6-19-2)18-13-8(10)5-9(14)11(15)12(13)16/h4-5H,3,6H2,1-2H3,(H,17,18). The molecule has 1 aromatic carbocycles. The molecule has 0 aliphatic carbocycles. The Labute approximate surface area is 108 Å². The van der Waals surface area contributed by atoms with Crippen molar-refractivity contribution in [3.63, 3.8) is 0 Å². The van der Waals surface area contributed by atoms with Gasteiger partial charge in [-0.25, -0.2) is 18.2 Å². The molecule has 0 aliphatic heterocycles. The minimum Gasteiger partial charge on any atom is -0.385 e. The molecule has 0 saturated heterocycles. The van der Waals surface area contributed by atoms with Gasteiger partial charge in [0.2, 0.25) is 0 Å². The molecule has 0 amide bonds. The van der Waals surface area contributed by atoms with Gasteiger partial charge in [-0.1, -0.05) is 0 Å². The number of fused-ring (bicyclic) bond motifs is 1. The molecule has 1 N–H and O–H groups in total. The molecule has 0 aliphatic rings. The number of ether oxygens (including phenoxy) is 1. The van der Waals surface area contributed by atoms with E-state index in [-0.39, 0.29) is 17.5 Å². The van der Waals surface area contributed by atoms with Crippen LogP contribution in [0.25, 0.3) is 10.9 Å². The van der Waals surface area contributed by atoms with Crippen molar-refractivity contribution in [3.8, 4) is 0 Å². The number of nitrogens with zero attached hydrogens (tertiary/aromatic N) is 1. The molecule has 0 bridgehead atoms. The summed E-state index contributed by atoms with van der Waals surface area (Å²) in [6.07, 6.45) is 0. The van der Waals surface area contributed by atoms with Crippen LogP contribution in [0.4, 0.5) is 18.9 Å². The Kier molecular flexibility index (Phi) is 3.90. The van der Waals surface area contributed by atoms with Crippen LogP contribution < -0.4 is 5.32 Å². The highest BCUT2D eigenvalue weighted by Crippen LogP contribution is 2.28. The lowest BCUT2D eigenvalue weighted by Gasteiger charge is -2.11. The first-order chi connectivity index (χ1) is 9.08. The van der Waals surface area contributed by atoms with E-state index >= 15 is 0 Å².